The molecule has 1 saturated heterocycles. The third-order valence-electron chi connectivity index (χ3n) is 4.05. The van der Waals surface area contributed by atoms with Gasteiger partial charge in [0.1, 0.15) is 17.3 Å². The normalized spacial score (nSPS) is 16.2. The number of carbonyl (C=O) groups is 1. The fourth-order valence-corrected chi connectivity index (χ4v) is 3.41. The number of hydrogen-bond donors (Lipinski definition) is 1. The van der Waals surface area contributed by atoms with Gasteiger partial charge in [-0.05, 0) is 34.5 Å². The quantitative estimate of drug-likeness (QED) is 0.900. The summed E-state index contributed by atoms with van der Waals surface area (Å²) < 4.78 is 27.1. The SMILES string of the molecule is O=C(CN1CCN(Cc2ccsc2)CC1)Nc1c(F)cccc1F. The highest BCUT2D eigenvalue weighted by Crippen LogP contribution is 2.18. The second-order valence-electron chi connectivity index (χ2n) is 5.83. The number of nitrogens with one attached hydrogen (secondary N) is 1. The van der Waals surface area contributed by atoms with Gasteiger partial charge in [-0.15, -0.1) is 0 Å². The fourth-order valence-electron chi connectivity index (χ4n) is 2.75. The molecule has 24 heavy (non-hydrogen) atoms. The molecule has 0 bridgehead atoms. The van der Waals surface area contributed by atoms with E-state index in [4.69, 9.17) is 0 Å². The maximum Gasteiger partial charge on any atom is 0.238 e. The Balaban J connectivity index is 1.46. The van der Waals surface area contributed by atoms with Crippen LogP contribution >= 0.6 is 11.3 Å². The molecule has 1 N–H and O–H groups in total. The van der Waals surface area contributed by atoms with Crippen molar-refractivity contribution < 1.29 is 13.6 Å². The largest absolute Gasteiger partial charge is 0.320 e. The molecule has 0 saturated carbocycles. The van der Waals surface area contributed by atoms with E-state index in [1.54, 1.807) is 11.3 Å². The highest BCUT2D eigenvalue weighted by molar-refractivity contribution is 7.07. The van der Waals surface area contributed by atoms with E-state index < -0.39 is 17.5 Å². The van der Waals surface area contributed by atoms with Crippen LogP contribution < -0.4 is 5.32 Å². The van der Waals surface area contributed by atoms with Crippen molar-refractivity contribution in [2.75, 3.05) is 38.0 Å². The van der Waals surface area contributed by atoms with Gasteiger partial charge >= 0.3 is 0 Å². The number of thiophene rings is 1. The fraction of sp³-hybridized carbons (Fsp3) is 0.353. The lowest BCUT2D eigenvalue weighted by molar-refractivity contribution is -0.117. The van der Waals surface area contributed by atoms with Crippen LogP contribution in [0.2, 0.25) is 0 Å². The zero-order valence-corrected chi connectivity index (χ0v) is 14.0. The molecule has 128 valence electrons. The van der Waals surface area contributed by atoms with Gasteiger partial charge in [0.15, 0.2) is 0 Å². The van der Waals surface area contributed by atoms with E-state index in [9.17, 15) is 13.6 Å². The second kappa shape index (κ2) is 7.83. The third-order valence-corrected chi connectivity index (χ3v) is 4.78. The van der Waals surface area contributed by atoms with E-state index in [1.807, 2.05) is 4.90 Å². The minimum atomic E-state index is -0.760. The van der Waals surface area contributed by atoms with Gasteiger partial charge in [-0.1, -0.05) is 6.07 Å². The predicted molar refractivity (Wildman–Crippen MR) is 91.0 cm³/mol. The Labute approximate surface area is 143 Å². The molecule has 0 radical (unpaired) electrons. The number of carbonyl (C=O) groups excluding carboxylic acids is 1. The summed E-state index contributed by atoms with van der Waals surface area (Å²) in [6.45, 7) is 4.33. The van der Waals surface area contributed by atoms with E-state index in [-0.39, 0.29) is 12.2 Å². The third kappa shape index (κ3) is 4.37. The molecule has 1 aromatic carbocycles. The van der Waals surface area contributed by atoms with E-state index >= 15 is 0 Å². The van der Waals surface area contributed by atoms with Gasteiger partial charge in [0.2, 0.25) is 5.91 Å². The topological polar surface area (TPSA) is 35.6 Å². The van der Waals surface area contributed by atoms with Gasteiger partial charge in [-0.25, -0.2) is 8.78 Å². The molecule has 1 aliphatic heterocycles. The van der Waals surface area contributed by atoms with E-state index in [0.717, 1.165) is 44.9 Å². The molecular weight excluding hydrogens is 332 g/mol. The minimum absolute atomic E-state index is 0.139. The second-order valence-corrected chi connectivity index (χ2v) is 6.61. The molecular formula is C17H19F2N3OS. The number of halogens is 2. The number of piperazine rings is 1. The van der Waals surface area contributed by atoms with Crippen molar-refractivity contribution >= 4 is 22.9 Å². The van der Waals surface area contributed by atoms with Gasteiger partial charge in [0.25, 0.3) is 0 Å². The summed E-state index contributed by atoms with van der Waals surface area (Å²) in [4.78, 5) is 16.4. The van der Waals surface area contributed by atoms with Crippen LogP contribution in [0.1, 0.15) is 5.56 Å². The first kappa shape index (κ1) is 17.0. The molecule has 2 heterocycles. The molecule has 0 spiro atoms. The smallest absolute Gasteiger partial charge is 0.238 e. The van der Waals surface area contributed by atoms with Gasteiger partial charge < -0.3 is 5.32 Å². The summed E-state index contributed by atoms with van der Waals surface area (Å²) in [5, 5.41) is 6.54. The maximum absolute atomic E-state index is 13.5. The average molecular weight is 351 g/mol. The Bertz CT molecular complexity index is 665. The number of nitrogens with zero attached hydrogens (tertiary/aromatic N) is 2. The summed E-state index contributed by atoms with van der Waals surface area (Å²) in [6, 6.07) is 5.64. The number of amides is 1. The Hall–Kier alpha value is -1.83. The standard InChI is InChI=1S/C17H19F2N3OS/c18-14-2-1-3-15(19)17(14)20-16(23)11-22-7-5-21(6-8-22)10-13-4-9-24-12-13/h1-4,9,12H,5-8,10-11H2,(H,20,23). The monoisotopic (exact) mass is 351 g/mol. The van der Waals surface area contributed by atoms with Crippen LogP contribution in [0.15, 0.2) is 35.0 Å². The molecule has 3 rings (SSSR count). The zero-order chi connectivity index (χ0) is 16.9. The van der Waals surface area contributed by atoms with Crippen molar-refractivity contribution in [1.29, 1.82) is 0 Å². The molecule has 1 aromatic heterocycles. The molecule has 0 unspecified atom stereocenters. The van der Waals surface area contributed by atoms with Crippen molar-refractivity contribution in [1.82, 2.24) is 9.80 Å². The van der Waals surface area contributed by atoms with Crippen molar-refractivity contribution in [3.8, 4) is 0 Å². The Morgan fingerprint density at radius 2 is 1.75 bits per heavy atom. The highest BCUT2D eigenvalue weighted by atomic mass is 32.1. The van der Waals surface area contributed by atoms with Crippen LogP contribution in [0, 0.1) is 11.6 Å². The van der Waals surface area contributed by atoms with Gasteiger partial charge in [-0.3, -0.25) is 14.6 Å². The van der Waals surface area contributed by atoms with Crippen LogP contribution in [-0.2, 0) is 11.3 Å². The summed E-state index contributed by atoms with van der Waals surface area (Å²) in [5.74, 6) is -1.92. The van der Waals surface area contributed by atoms with Crippen molar-refractivity contribution in [2.24, 2.45) is 0 Å². The minimum Gasteiger partial charge on any atom is -0.320 e. The lowest BCUT2D eigenvalue weighted by atomic mass is 10.2. The maximum atomic E-state index is 13.5. The molecule has 1 fully saturated rings. The molecule has 2 aromatic rings. The Morgan fingerprint density at radius 3 is 2.38 bits per heavy atom. The van der Waals surface area contributed by atoms with Crippen LogP contribution in [0.3, 0.4) is 0 Å². The first-order valence-corrected chi connectivity index (χ1v) is 8.76. The van der Waals surface area contributed by atoms with Crippen LogP contribution in [0.25, 0.3) is 0 Å². The number of rotatable bonds is 5. The number of para-hydroxylation sites is 1. The molecule has 1 amide bonds. The summed E-state index contributed by atoms with van der Waals surface area (Å²) in [7, 11) is 0. The lowest BCUT2D eigenvalue weighted by Gasteiger charge is -2.34. The van der Waals surface area contributed by atoms with Gasteiger partial charge in [0, 0.05) is 32.7 Å². The van der Waals surface area contributed by atoms with E-state index in [0.29, 0.717) is 0 Å². The number of anilines is 1. The highest BCUT2D eigenvalue weighted by Gasteiger charge is 2.20. The van der Waals surface area contributed by atoms with Crippen LogP contribution in [-0.4, -0.2) is 48.4 Å². The zero-order valence-electron chi connectivity index (χ0n) is 13.2. The molecule has 0 atom stereocenters. The Morgan fingerprint density at radius 1 is 1.08 bits per heavy atom. The molecule has 7 heteroatoms. The Kier molecular flexibility index (Phi) is 5.55. The molecule has 4 nitrogen and oxygen atoms in total. The average Bonchev–Trinajstić information content (AvgIpc) is 3.06. The lowest BCUT2D eigenvalue weighted by Crippen LogP contribution is -2.48. The van der Waals surface area contributed by atoms with Crippen LogP contribution in [0.4, 0.5) is 14.5 Å². The van der Waals surface area contributed by atoms with Crippen molar-refractivity contribution in [3.05, 3.63) is 52.2 Å². The van der Waals surface area contributed by atoms with Gasteiger partial charge in [0.05, 0.1) is 6.54 Å². The van der Waals surface area contributed by atoms with Crippen molar-refractivity contribution in [2.45, 2.75) is 6.54 Å². The predicted octanol–water partition coefficient (Wildman–Crippen LogP) is 2.78. The number of hydrogen-bond acceptors (Lipinski definition) is 4. The van der Waals surface area contributed by atoms with Crippen molar-refractivity contribution in [3.63, 3.8) is 0 Å². The summed E-state index contributed by atoms with van der Waals surface area (Å²) in [5.41, 5.74) is 0.930. The first-order chi connectivity index (χ1) is 11.6. The van der Waals surface area contributed by atoms with E-state index in [1.165, 1.54) is 11.6 Å². The van der Waals surface area contributed by atoms with E-state index in [2.05, 4.69) is 27.0 Å². The number of benzene rings is 1. The molecule has 1 aliphatic rings. The first-order valence-electron chi connectivity index (χ1n) is 7.81. The molecule has 0 aliphatic carbocycles. The summed E-state index contributed by atoms with van der Waals surface area (Å²) in [6.07, 6.45) is 0. The van der Waals surface area contributed by atoms with Gasteiger partial charge in [-0.2, -0.15) is 11.3 Å². The van der Waals surface area contributed by atoms with Crippen LogP contribution in [0.5, 0.6) is 0 Å². The summed E-state index contributed by atoms with van der Waals surface area (Å²) >= 11 is 1.69.